The number of nitriles is 1. The molecule has 2 aromatic heterocycles. The summed E-state index contributed by atoms with van der Waals surface area (Å²) in [6.45, 7) is 0. The molecule has 0 fully saturated rings. The molecule has 0 aliphatic carbocycles. The van der Waals surface area contributed by atoms with E-state index >= 15 is 0 Å². The molecule has 110 valence electrons. The molecule has 0 bridgehead atoms. The maximum absolute atomic E-state index is 12.2. The van der Waals surface area contributed by atoms with E-state index in [1.807, 2.05) is 0 Å². The lowest BCUT2D eigenvalue weighted by Gasteiger charge is -2.06. The molecule has 0 spiro atoms. The van der Waals surface area contributed by atoms with E-state index < -0.39 is 0 Å². The van der Waals surface area contributed by atoms with Gasteiger partial charge in [0, 0.05) is 23.4 Å². The molecule has 0 saturated carbocycles. The van der Waals surface area contributed by atoms with Gasteiger partial charge in [0.05, 0.1) is 30.3 Å². The molecular weight excluding hydrogens is 304 g/mol. The highest BCUT2D eigenvalue weighted by molar-refractivity contribution is 6.32. The van der Waals surface area contributed by atoms with Crippen LogP contribution in [0.1, 0.15) is 5.56 Å². The number of aromatic nitrogens is 3. The Morgan fingerprint density at radius 1 is 1.45 bits per heavy atom. The van der Waals surface area contributed by atoms with Crippen molar-refractivity contribution in [2.75, 3.05) is 7.11 Å². The van der Waals surface area contributed by atoms with E-state index in [4.69, 9.17) is 21.6 Å². The second kappa shape index (κ2) is 5.54. The van der Waals surface area contributed by atoms with Gasteiger partial charge in [-0.2, -0.15) is 5.26 Å². The fourth-order valence-corrected chi connectivity index (χ4v) is 2.41. The fourth-order valence-electron chi connectivity index (χ4n) is 2.21. The zero-order valence-corrected chi connectivity index (χ0v) is 12.4. The van der Waals surface area contributed by atoms with E-state index in [2.05, 4.69) is 16.2 Å². The highest BCUT2D eigenvalue weighted by Crippen LogP contribution is 2.29. The van der Waals surface area contributed by atoms with Crippen molar-refractivity contribution >= 4 is 17.2 Å². The van der Waals surface area contributed by atoms with Crippen LogP contribution in [0.4, 0.5) is 0 Å². The summed E-state index contributed by atoms with van der Waals surface area (Å²) in [6, 6.07) is 8.64. The number of methoxy groups -OCH3 is 1. The normalized spacial score (nSPS) is 10.6. The Bertz CT molecular complexity index is 952. The predicted octanol–water partition coefficient (Wildman–Crippen LogP) is 2.42. The Hall–Kier alpha value is -2.78. The van der Waals surface area contributed by atoms with Crippen molar-refractivity contribution in [3.05, 3.63) is 51.4 Å². The van der Waals surface area contributed by atoms with Gasteiger partial charge in [0.1, 0.15) is 5.75 Å². The number of benzene rings is 1. The summed E-state index contributed by atoms with van der Waals surface area (Å²) < 4.78 is 6.49. The fraction of sp³-hybridized carbons (Fsp3) is 0.133. The maximum Gasteiger partial charge on any atom is 0.273 e. The molecule has 2 heterocycles. The van der Waals surface area contributed by atoms with Crippen LogP contribution in [-0.4, -0.2) is 21.7 Å². The highest BCUT2D eigenvalue weighted by Gasteiger charge is 2.11. The van der Waals surface area contributed by atoms with E-state index in [9.17, 15) is 4.79 Å². The second-order valence-electron chi connectivity index (χ2n) is 4.62. The van der Waals surface area contributed by atoms with Gasteiger partial charge < -0.3 is 4.74 Å². The number of aromatic amines is 1. The van der Waals surface area contributed by atoms with Crippen LogP contribution in [0.15, 0.2) is 35.3 Å². The van der Waals surface area contributed by atoms with Crippen LogP contribution in [0.3, 0.4) is 0 Å². The summed E-state index contributed by atoms with van der Waals surface area (Å²) in [5.74, 6) is 0.507. The topological polar surface area (TPSA) is 83.2 Å². The average molecular weight is 315 g/mol. The molecule has 0 amide bonds. The quantitative estimate of drug-likeness (QED) is 0.804. The van der Waals surface area contributed by atoms with Crippen molar-refractivity contribution in [1.82, 2.24) is 14.6 Å². The summed E-state index contributed by atoms with van der Waals surface area (Å²) in [4.78, 5) is 16.6. The van der Waals surface area contributed by atoms with Gasteiger partial charge >= 0.3 is 0 Å². The second-order valence-corrected chi connectivity index (χ2v) is 5.03. The predicted molar refractivity (Wildman–Crippen MR) is 82.1 cm³/mol. The van der Waals surface area contributed by atoms with E-state index in [0.29, 0.717) is 33.2 Å². The van der Waals surface area contributed by atoms with Gasteiger partial charge in [-0.15, -0.1) is 0 Å². The SMILES string of the molecule is COc1cc(-c2cc(=O)n3[nH]cc(CC#N)c3n2)ccc1Cl. The Kier molecular flexibility index (Phi) is 3.57. The van der Waals surface area contributed by atoms with E-state index in [1.165, 1.54) is 17.7 Å². The number of nitrogens with zero attached hydrogens (tertiary/aromatic N) is 3. The first-order valence-corrected chi connectivity index (χ1v) is 6.82. The number of H-pyrrole nitrogens is 1. The molecule has 0 atom stereocenters. The number of hydrogen-bond donors (Lipinski definition) is 1. The number of rotatable bonds is 3. The molecule has 0 saturated heterocycles. The number of hydrogen-bond acceptors (Lipinski definition) is 4. The Morgan fingerprint density at radius 3 is 3.00 bits per heavy atom. The average Bonchev–Trinajstić information content (AvgIpc) is 2.92. The molecule has 22 heavy (non-hydrogen) atoms. The van der Waals surface area contributed by atoms with Crippen molar-refractivity contribution in [1.29, 1.82) is 5.26 Å². The third kappa shape index (κ3) is 2.32. The largest absolute Gasteiger partial charge is 0.495 e. The molecule has 6 nitrogen and oxygen atoms in total. The molecule has 3 rings (SSSR count). The van der Waals surface area contributed by atoms with Crippen LogP contribution >= 0.6 is 11.6 Å². The van der Waals surface area contributed by atoms with Gasteiger partial charge in [-0.1, -0.05) is 17.7 Å². The number of ether oxygens (including phenoxy) is 1. The van der Waals surface area contributed by atoms with Gasteiger partial charge in [-0.3, -0.25) is 9.89 Å². The highest BCUT2D eigenvalue weighted by atomic mass is 35.5. The summed E-state index contributed by atoms with van der Waals surface area (Å²) in [6.07, 6.45) is 1.78. The zero-order valence-electron chi connectivity index (χ0n) is 11.6. The van der Waals surface area contributed by atoms with Crippen LogP contribution in [0.2, 0.25) is 5.02 Å². The molecule has 7 heteroatoms. The lowest BCUT2D eigenvalue weighted by Crippen LogP contribution is -2.14. The van der Waals surface area contributed by atoms with Crippen molar-refractivity contribution in [2.24, 2.45) is 0 Å². The van der Waals surface area contributed by atoms with Crippen LogP contribution < -0.4 is 10.3 Å². The van der Waals surface area contributed by atoms with Gasteiger partial charge in [0.2, 0.25) is 0 Å². The van der Waals surface area contributed by atoms with Crippen molar-refractivity contribution in [3.8, 4) is 23.1 Å². The summed E-state index contributed by atoms with van der Waals surface area (Å²) >= 11 is 6.01. The van der Waals surface area contributed by atoms with Crippen LogP contribution in [0, 0.1) is 11.3 Å². The molecule has 0 aliphatic heterocycles. The third-order valence-corrected chi connectivity index (χ3v) is 3.60. The summed E-state index contributed by atoms with van der Waals surface area (Å²) in [5, 5.41) is 12.1. The number of nitrogens with one attached hydrogen (secondary N) is 1. The lowest BCUT2D eigenvalue weighted by molar-refractivity contribution is 0.415. The minimum Gasteiger partial charge on any atom is -0.495 e. The first-order chi connectivity index (χ1) is 10.6. The van der Waals surface area contributed by atoms with Crippen molar-refractivity contribution < 1.29 is 4.74 Å². The number of fused-ring (bicyclic) bond motifs is 1. The van der Waals surface area contributed by atoms with E-state index in [0.717, 1.165) is 0 Å². The Labute approximate surface area is 130 Å². The molecule has 0 radical (unpaired) electrons. The van der Waals surface area contributed by atoms with Crippen LogP contribution in [0.25, 0.3) is 16.9 Å². The van der Waals surface area contributed by atoms with Crippen LogP contribution in [-0.2, 0) is 6.42 Å². The molecule has 0 unspecified atom stereocenters. The molecule has 1 N–H and O–H groups in total. The number of halogens is 1. The minimum atomic E-state index is -0.252. The molecule has 3 aromatic rings. The van der Waals surface area contributed by atoms with Gasteiger partial charge in [-0.25, -0.2) is 9.50 Å². The van der Waals surface area contributed by atoms with Gasteiger partial charge in [0.15, 0.2) is 5.65 Å². The zero-order chi connectivity index (χ0) is 15.7. The molecule has 0 aliphatic rings. The third-order valence-electron chi connectivity index (χ3n) is 3.29. The lowest BCUT2D eigenvalue weighted by atomic mass is 10.1. The van der Waals surface area contributed by atoms with E-state index in [-0.39, 0.29) is 12.0 Å². The minimum absolute atomic E-state index is 0.173. The summed E-state index contributed by atoms with van der Waals surface area (Å²) in [7, 11) is 1.52. The smallest absolute Gasteiger partial charge is 0.273 e. The Morgan fingerprint density at radius 2 is 2.27 bits per heavy atom. The van der Waals surface area contributed by atoms with Gasteiger partial charge in [0.25, 0.3) is 5.56 Å². The van der Waals surface area contributed by atoms with Crippen LogP contribution in [0.5, 0.6) is 5.75 Å². The first-order valence-electron chi connectivity index (χ1n) is 6.45. The van der Waals surface area contributed by atoms with Crippen molar-refractivity contribution in [3.63, 3.8) is 0 Å². The Balaban J connectivity index is 2.21. The van der Waals surface area contributed by atoms with Gasteiger partial charge in [-0.05, 0) is 12.1 Å². The van der Waals surface area contributed by atoms with E-state index in [1.54, 1.807) is 24.4 Å². The first kappa shape index (κ1) is 14.2. The summed E-state index contributed by atoms with van der Waals surface area (Å²) in [5.41, 5.74) is 2.07. The standard InChI is InChI=1S/C15H11ClN4O2/c1-22-13-6-9(2-3-11(13)16)12-7-14(21)20-15(19-12)10(4-5-17)8-18-20/h2-3,6-8,18H,4H2,1H3. The van der Waals surface area contributed by atoms with Crippen molar-refractivity contribution in [2.45, 2.75) is 6.42 Å². The monoisotopic (exact) mass is 314 g/mol. The maximum atomic E-state index is 12.2. The molecular formula is C15H11ClN4O2. The molecule has 1 aromatic carbocycles.